The summed E-state index contributed by atoms with van der Waals surface area (Å²) in [6.45, 7) is 3.16. The Bertz CT molecular complexity index is 297. The van der Waals surface area contributed by atoms with E-state index in [2.05, 4.69) is 4.90 Å². The number of nitrogens with zero attached hydrogens (tertiary/aromatic N) is 2. The van der Waals surface area contributed by atoms with E-state index in [0.29, 0.717) is 19.6 Å². The summed E-state index contributed by atoms with van der Waals surface area (Å²) in [7, 11) is 1.93. The van der Waals surface area contributed by atoms with E-state index in [1.54, 1.807) is 4.90 Å². The standard InChI is InChI=1S/C11H19F3N2O2/c1-3-8-6-16(5-4-15(8)2)7-9(10(17)18)11(12,13)14/h8-9H,3-7H2,1-2H3,(H,17,18). The molecule has 18 heavy (non-hydrogen) atoms. The Balaban J connectivity index is 2.63. The van der Waals surface area contributed by atoms with Crippen molar-refractivity contribution in [3.8, 4) is 0 Å². The predicted octanol–water partition coefficient (Wildman–Crippen LogP) is 1.28. The molecule has 1 saturated heterocycles. The molecular weight excluding hydrogens is 249 g/mol. The predicted molar refractivity (Wildman–Crippen MR) is 60.3 cm³/mol. The van der Waals surface area contributed by atoms with Crippen molar-refractivity contribution in [2.24, 2.45) is 5.92 Å². The maximum atomic E-state index is 12.6. The molecule has 0 amide bonds. The number of hydrogen-bond acceptors (Lipinski definition) is 3. The molecule has 1 heterocycles. The lowest BCUT2D eigenvalue weighted by Crippen LogP contribution is -2.54. The van der Waals surface area contributed by atoms with Gasteiger partial charge in [0.1, 0.15) is 0 Å². The van der Waals surface area contributed by atoms with Gasteiger partial charge in [0.2, 0.25) is 0 Å². The molecule has 0 aliphatic carbocycles. The van der Waals surface area contributed by atoms with Gasteiger partial charge < -0.3 is 10.0 Å². The van der Waals surface area contributed by atoms with Gasteiger partial charge in [0, 0.05) is 32.2 Å². The number of rotatable bonds is 4. The minimum Gasteiger partial charge on any atom is -0.481 e. The lowest BCUT2D eigenvalue weighted by Gasteiger charge is -2.40. The van der Waals surface area contributed by atoms with Crippen LogP contribution in [0.4, 0.5) is 13.2 Å². The molecule has 0 spiro atoms. The van der Waals surface area contributed by atoms with Crippen molar-refractivity contribution in [2.45, 2.75) is 25.6 Å². The second kappa shape index (κ2) is 5.88. The van der Waals surface area contributed by atoms with Crippen molar-refractivity contribution < 1.29 is 23.1 Å². The SMILES string of the molecule is CCC1CN(CC(C(=O)O)C(F)(F)F)CCN1C. The summed E-state index contributed by atoms with van der Waals surface area (Å²) < 4.78 is 37.7. The van der Waals surface area contributed by atoms with Gasteiger partial charge in [-0.2, -0.15) is 13.2 Å². The topological polar surface area (TPSA) is 43.8 Å². The number of carboxylic acids is 1. The molecule has 2 unspecified atom stereocenters. The smallest absolute Gasteiger partial charge is 0.403 e. The summed E-state index contributed by atoms with van der Waals surface area (Å²) in [6.07, 6.45) is -3.84. The van der Waals surface area contributed by atoms with Crippen LogP contribution in [0.2, 0.25) is 0 Å². The van der Waals surface area contributed by atoms with Gasteiger partial charge in [0.15, 0.2) is 5.92 Å². The number of piperazine rings is 1. The molecule has 106 valence electrons. The van der Waals surface area contributed by atoms with Crippen LogP contribution in [0.1, 0.15) is 13.3 Å². The zero-order valence-electron chi connectivity index (χ0n) is 10.6. The zero-order chi connectivity index (χ0) is 13.9. The van der Waals surface area contributed by atoms with Crippen LogP contribution in [-0.4, -0.2) is 66.3 Å². The maximum absolute atomic E-state index is 12.6. The van der Waals surface area contributed by atoms with Gasteiger partial charge in [0.05, 0.1) is 0 Å². The number of likely N-dealkylation sites (N-methyl/N-ethyl adjacent to an activating group) is 1. The molecule has 1 fully saturated rings. The number of carboxylic acid groups (broad SMARTS) is 1. The number of alkyl halides is 3. The lowest BCUT2D eigenvalue weighted by molar-refractivity contribution is -0.197. The third-order valence-electron chi connectivity index (χ3n) is 3.47. The average molecular weight is 268 g/mol. The molecular formula is C11H19F3N2O2. The molecule has 0 saturated carbocycles. The largest absolute Gasteiger partial charge is 0.481 e. The summed E-state index contributed by atoms with van der Waals surface area (Å²) >= 11 is 0. The van der Waals surface area contributed by atoms with Gasteiger partial charge in [-0.3, -0.25) is 9.69 Å². The average Bonchev–Trinajstić information content (AvgIpc) is 2.25. The highest BCUT2D eigenvalue weighted by Gasteiger charge is 2.46. The van der Waals surface area contributed by atoms with E-state index < -0.39 is 24.6 Å². The van der Waals surface area contributed by atoms with Gasteiger partial charge in [0.25, 0.3) is 0 Å². The third-order valence-corrected chi connectivity index (χ3v) is 3.47. The van der Waals surface area contributed by atoms with Crippen molar-refractivity contribution >= 4 is 5.97 Å². The van der Waals surface area contributed by atoms with E-state index in [4.69, 9.17) is 5.11 Å². The summed E-state index contributed by atoms with van der Waals surface area (Å²) in [5.74, 6) is -4.09. The zero-order valence-corrected chi connectivity index (χ0v) is 10.6. The van der Waals surface area contributed by atoms with Crippen molar-refractivity contribution in [2.75, 3.05) is 33.2 Å². The highest BCUT2D eigenvalue weighted by molar-refractivity contribution is 5.71. The Morgan fingerprint density at radius 3 is 2.50 bits per heavy atom. The molecule has 0 aromatic heterocycles. The number of aliphatic carboxylic acids is 1. The van der Waals surface area contributed by atoms with Crippen molar-refractivity contribution in [1.82, 2.24) is 9.80 Å². The second-order valence-corrected chi connectivity index (χ2v) is 4.73. The van der Waals surface area contributed by atoms with E-state index in [1.807, 2.05) is 14.0 Å². The van der Waals surface area contributed by atoms with Crippen LogP contribution in [0.15, 0.2) is 0 Å². The summed E-state index contributed by atoms with van der Waals surface area (Å²) in [6, 6.07) is 0.196. The molecule has 0 aromatic carbocycles. The van der Waals surface area contributed by atoms with E-state index in [-0.39, 0.29) is 6.04 Å². The first kappa shape index (κ1) is 15.2. The van der Waals surface area contributed by atoms with Crippen molar-refractivity contribution in [3.05, 3.63) is 0 Å². The molecule has 0 radical (unpaired) electrons. The van der Waals surface area contributed by atoms with Gasteiger partial charge >= 0.3 is 12.1 Å². The first-order valence-corrected chi connectivity index (χ1v) is 5.97. The molecule has 1 rings (SSSR count). The van der Waals surface area contributed by atoms with Crippen LogP contribution in [-0.2, 0) is 4.79 Å². The van der Waals surface area contributed by atoms with Crippen molar-refractivity contribution in [1.29, 1.82) is 0 Å². The quantitative estimate of drug-likeness (QED) is 0.834. The van der Waals surface area contributed by atoms with Crippen molar-refractivity contribution in [3.63, 3.8) is 0 Å². The number of carbonyl (C=O) groups is 1. The molecule has 7 heteroatoms. The minimum absolute atomic E-state index is 0.196. The first-order chi connectivity index (χ1) is 8.25. The van der Waals surface area contributed by atoms with E-state index in [9.17, 15) is 18.0 Å². The highest BCUT2D eigenvalue weighted by Crippen LogP contribution is 2.28. The van der Waals surface area contributed by atoms with Crippen LogP contribution < -0.4 is 0 Å². The minimum atomic E-state index is -4.68. The molecule has 0 bridgehead atoms. The number of hydrogen-bond donors (Lipinski definition) is 1. The molecule has 1 aliphatic heterocycles. The Morgan fingerprint density at radius 1 is 1.44 bits per heavy atom. The fraction of sp³-hybridized carbons (Fsp3) is 0.909. The van der Waals surface area contributed by atoms with Gasteiger partial charge in [-0.25, -0.2) is 0 Å². The fourth-order valence-electron chi connectivity index (χ4n) is 2.20. The third kappa shape index (κ3) is 3.84. The molecule has 1 N–H and O–H groups in total. The molecule has 1 aliphatic rings. The first-order valence-electron chi connectivity index (χ1n) is 5.97. The number of halogens is 3. The van der Waals surface area contributed by atoms with E-state index >= 15 is 0 Å². The van der Waals surface area contributed by atoms with Crippen LogP contribution in [0.5, 0.6) is 0 Å². The summed E-state index contributed by atoms with van der Waals surface area (Å²) in [5.41, 5.74) is 0. The normalized spacial score (nSPS) is 25.1. The van der Waals surface area contributed by atoms with E-state index in [0.717, 1.165) is 6.42 Å². The Labute approximate surface area is 104 Å². The van der Waals surface area contributed by atoms with Crippen LogP contribution in [0, 0.1) is 5.92 Å². The Hall–Kier alpha value is -0.820. The molecule has 0 aromatic rings. The molecule has 2 atom stereocenters. The van der Waals surface area contributed by atoms with E-state index in [1.165, 1.54) is 0 Å². The van der Waals surface area contributed by atoms with Gasteiger partial charge in [-0.1, -0.05) is 6.92 Å². The Kier molecular flexibility index (Phi) is 4.98. The lowest BCUT2D eigenvalue weighted by atomic mass is 10.1. The highest BCUT2D eigenvalue weighted by atomic mass is 19.4. The van der Waals surface area contributed by atoms with Crippen LogP contribution >= 0.6 is 0 Å². The summed E-state index contributed by atoms with van der Waals surface area (Å²) in [5, 5.41) is 8.66. The van der Waals surface area contributed by atoms with Gasteiger partial charge in [-0.15, -0.1) is 0 Å². The summed E-state index contributed by atoms with van der Waals surface area (Å²) in [4.78, 5) is 14.4. The monoisotopic (exact) mass is 268 g/mol. The van der Waals surface area contributed by atoms with Crippen LogP contribution in [0.25, 0.3) is 0 Å². The Morgan fingerprint density at radius 2 is 2.06 bits per heavy atom. The van der Waals surface area contributed by atoms with Gasteiger partial charge in [-0.05, 0) is 13.5 Å². The maximum Gasteiger partial charge on any atom is 0.403 e. The molecule has 4 nitrogen and oxygen atoms in total. The fourth-order valence-corrected chi connectivity index (χ4v) is 2.20. The second-order valence-electron chi connectivity index (χ2n) is 4.73. The van der Waals surface area contributed by atoms with Crippen LogP contribution in [0.3, 0.4) is 0 Å².